The van der Waals surface area contributed by atoms with E-state index in [4.69, 9.17) is 16.3 Å². The van der Waals surface area contributed by atoms with E-state index in [1.807, 2.05) is 0 Å². The number of carbonyl (C=O) groups excluding carboxylic acids is 2. The van der Waals surface area contributed by atoms with Crippen LogP contribution in [0.15, 0.2) is 30.3 Å². The fraction of sp³-hybridized carbons (Fsp3) is 0.118. The number of methoxy groups -OCH3 is 1. The Kier molecular flexibility index (Phi) is 5.52. The molecule has 0 fully saturated rings. The minimum atomic E-state index is -1.28. The van der Waals surface area contributed by atoms with Gasteiger partial charge in [-0.25, -0.2) is 18.6 Å². The average molecular weight is 413 g/mol. The Labute approximate surface area is 160 Å². The normalized spacial score (nSPS) is 10.7. The Morgan fingerprint density at radius 3 is 2.78 bits per heavy atom. The lowest BCUT2D eigenvalue weighted by atomic mass is 10.1. The second kappa shape index (κ2) is 7.85. The summed E-state index contributed by atoms with van der Waals surface area (Å²) in [5, 5.41) is 2.79. The number of aromatic nitrogens is 1. The number of rotatable bonds is 4. The van der Waals surface area contributed by atoms with Gasteiger partial charge in [-0.3, -0.25) is 10.1 Å². The van der Waals surface area contributed by atoms with E-state index in [-0.39, 0.29) is 12.4 Å². The average Bonchev–Trinajstić information content (AvgIpc) is 3.02. The van der Waals surface area contributed by atoms with Gasteiger partial charge in [0.1, 0.15) is 23.0 Å². The van der Waals surface area contributed by atoms with Crippen LogP contribution < -0.4 is 10.1 Å². The lowest BCUT2D eigenvalue weighted by Crippen LogP contribution is -2.31. The first kappa shape index (κ1) is 19.0. The van der Waals surface area contributed by atoms with E-state index in [1.54, 1.807) is 23.5 Å². The van der Waals surface area contributed by atoms with Crippen molar-refractivity contribution in [2.75, 3.05) is 7.11 Å². The molecule has 0 aliphatic rings. The van der Waals surface area contributed by atoms with E-state index in [1.165, 1.54) is 11.3 Å². The van der Waals surface area contributed by atoms with E-state index in [0.717, 1.165) is 23.9 Å². The van der Waals surface area contributed by atoms with Gasteiger partial charge in [-0.1, -0.05) is 11.6 Å². The molecule has 140 valence electrons. The highest BCUT2D eigenvalue weighted by Crippen LogP contribution is 2.28. The summed E-state index contributed by atoms with van der Waals surface area (Å²) in [5.41, 5.74) is -0.241. The number of thiazole rings is 1. The van der Waals surface area contributed by atoms with Crippen LogP contribution in [0.25, 0.3) is 10.2 Å². The van der Waals surface area contributed by atoms with E-state index in [0.29, 0.717) is 15.5 Å². The van der Waals surface area contributed by atoms with Gasteiger partial charge in [-0.05, 0) is 30.3 Å². The molecule has 3 aromatic rings. The van der Waals surface area contributed by atoms with Crippen LogP contribution in [0.4, 0.5) is 13.6 Å². The van der Waals surface area contributed by atoms with Crippen LogP contribution in [0.1, 0.15) is 15.4 Å². The minimum Gasteiger partial charge on any atom is -0.483 e. The molecule has 0 radical (unpaired) electrons. The summed E-state index contributed by atoms with van der Waals surface area (Å²) >= 11 is 7.23. The van der Waals surface area contributed by atoms with E-state index in [2.05, 4.69) is 9.72 Å². The van der Waals surface area contributed by atoms with E-state index in [9.17, 15) is 18.4 Å². The topological polar surface area (TPSA) is 77.5 Å². The summed E-state index contributed by atoms with van der Waals surface area (Å²) in [6.45, 7) is -0.0996. The van der Waals surface area contributed by atoms with Crippen LogP contribution in [0.2, 0.25) is 5.02 Å². The van der Waals surface area contributed by atoms with Crippen LogP contribution in [0, 0.1) is 11.6 Å². The van der Waals surface area contributed by atoms with Gasteiger partial charge in [0.2, 0.25) is 0 Å². The number of hydrogen-bond acceptors (Lipinski definition) is 6. The molecule has 0 atom stereocenters. The second-order valence-electron chi connectivity index (χ2n) is 5.19. The molecule has 27 heavy (non-hydrogen) atoms. The van der Waals surface area contributed by atoms with Crippen molar-refractivity contribution in [2.24, 2.45) is 0 Å². The number of fused-ring (bicyclic) bond motifs is 1. The summed E-state index contributed by atoms with van der Waals surface area (Å²) in [4.78, 5) is 27.3. The first-order valence-corrected chi connectivity index (χ1v) is 8.63. The van der Waals surface area contributed by atoms with Crippen molar-refractivity contribution in [1.82, 2.24) is 10.3 Å². The number of nitrogens with zero attached hydrogens (tertiary/aromatic N) is 1. The molecule has 1 aromatic heterocycles. The molecule has 0 unspecified atom stereocenters. The van der Waals surface area contributed by atoms with E-state index >= 15 is 0 Å². The van der Waals surface area contributed by atoms with E-state index < -0.39 is 29.2 Å². The van der Waals surface area contributed by atoms with Crippen molar-refractivity contribution in [3.05, 3.63) is 57.6 Å². The fourth-order valence-corrected chi connectivity index (χ4v) is 3.36. The number of carbonyl (C=O) groups is 2. The molecule has 6 nitrogen and oxygen atoms in total. The van der Waals surface area contributed by atoms with Gasteiger partial charge >= 0.3 is 6.09 Å². The van der Waals surface area contributed by atoms with Gasteiger partial charge in [0, 0.05) is 5.02 Å². The summed E-state index contributed by atoms with van der Waals surface area (Å²) in [7, 11) is 1.01. The molecular formula is C17H11ClF2N2O4S. The number of halogens is 3. The SMILES string of the molecule is COC(=O)NC(=O)c1c(F)ccc(OCc2nc3ccc(Cl)cc3s2)c1F. The van der Waals surface area contributed by atoms with Gasteiger partial charge < -0.3 is 9.47 Å². The highest BCUT2D eigenvalue weighted by molar-refractivity contribution is 7.18. The maximum atomic E-state index is 14.5. The standard InChI is InChI=1S/C17H11ClF2N2O4S/c1-25-17(24)22-16(23)14-9(19)3-5-11(15(14)20)26-7-13-21-10-4-2-8(18)6-12(10)27-13/h2-6H,7H2,1H3,(H,22,23,24). The third kappa shape index (κ3) is 4.15. The number of nitrogens with one attached hydrogen (secondary N) is 1. The van der Waals surface area contributed by atoms with Crippen LogP contribution in [0.3, 0.4) is 0 Å². The number of benzene rings is 2. The predicted octanol–water partition coefficient (Wildman–Crippen LogP) is 4.30. The Bertz CT molecular complexity index is 1040. The molecule has 2 aromatic carbocycles. The van der Waals surface area contributed by atoms with Crippen molar-refractivity contribution in [3.63, 3.8) is 0 Å². The quantitative estimate of drug-likeness (QED) is 0.691. The van der Waals surface area contributed by atoms with Crippen molar-refractivity contribution >= 4 is 45.2 Å². The Balaban J connectivity index is 1.81. The molecule has 0 spiro atoms. The molecule has 0 aliphatic carbocycles. The summed E-state index contributed by atoms with van der Waals surface area (Å²) < 4.78 is 38.7. The maximum Gasteiger partial charge on any atom is 0.413 e. The first-order valence-electron chi connectivity index (χ1n) is 7.44. The van der Waals surface area contributed by atoms with Gasteiger partial charge in [0.15, 0.2) is 11.6 Å². The monoisotopic (exact) mass is 412 g/mol. The molecule has 2 amide bonds. The first-order chi connectivity index (χ1) is 12.9. The lowest BCUT2D eigenvalue weighted by molar-refractivity contribution is 0.0927. The highest BCUT2D eigenvalue weighted by Gasteiger charge is 2.23. The third-order valence-electron chi connectivity index (χ3n) is 3.43. The zero-order valence-corrected chi connectivity index (χ0v) is 15.3. The van der Waals surface area contributed by atoms with Crippen molar-refractivity contribution in [2.45, 2.75) is 6.61 Å². The summed E-state index contributed by atoms with van der Waals surface area (Å²) in [6.07, 6.45) is -1.14. The number of hydrogen-bond donors (Lipinski definition) is 1. The number of alkyl carbamates (subject to hydrolysis) is 1. The minimum absolute atomic E-state index is 0.0996. The zero-order chi connectivity index (χ0) is 19.6. The van der Waals surface area contributed by atoms with Crippen LogP contribution in [-0.2, 0) is 11.3 Å². The highest BCUT2D eigenvalue weighted by atomic mass is 35.5. The molecule has 0 aliphatic heterocycles. The molecule has 1 N–H and O–H groups in total. The zero-order valence-electron chi connectivity index (χ0n) is 13.7. The molecule has 3 rings (SSSR count). The Morgan fingerprint density at radius 1 is 1.26 bits per heavy atom. The third-order valence-corrected chi connectivity index (χ3v) is 4.66. The summed E-state index contributed by atoms with van der Waals surface area (Å²) in [5.74, 6) is -4.02. The smallest absolute Gasteiger partial charge is 0.413 e. The van der Waals surface area contributed by atoms with Gasteiger partial charge in [-0.2, -0.15) is 0 Å². The van der Waals surface area contributed by atoms with Crippen LogP contribution in [0.5, 0.6) is 5.75 Å². The van der Waals surface area contributed by atoms with Gasteiger partial charge in [-0.15, -0.1) is 11.3 Å². The Morgan fingerprint density at radius 2 is 2.04 bits per heavy atom. The largest absolute Gasteiger partial charge is 0.483 e. The second-order valence-corrected chi connectivity index (χ2v) is 6.74. The number of imide groups is 1. The van der Waals surface area contributed by atoms with Crippen molar-refractivity contribution in [1.29, 1.82) is 0 Å². The van der Waals surface area contributed by atoms with Gasteiger partial charge in [0.05, 0.1) is 17.3 Å². The van der Waals surface area contributed by atoms with Gasteiger partial charge in [0.25, 0.3) is 5.91 Å². The molecule has 10 heteroatoms. The van der Waals surface area contributed by atoms with Crippen LogP contribution in [-0.4, -0.2) is 24.1 Å². The molecule has 0 bridgehead atoms. The Hall–Kier alpha value is -2.78. The maximum absolute atomic E-state index is 14.5. The predicted molar refractivity (Wildman–Crippen MR) is 95.2 cm³/mol. The molecule has 0 saturated heterocycles. The molecule has 0 saturated carbocycles. The lowest BCUT2D eigenvalue weighted by Gasteiger charge is -2.10. The van der Waals surface area contributed by atoms with Crippen molar-refractivity contribution in [3.8, 4) is 5.75 Å². The molecular weight excluding hydrogens is 402 g/mol. The van der Waals surface area contributed by atoms with Crippen LogP contribution >= 0.6 is 22.9 Å². The molecule has 1 heterocycles. The number of amides is 2. The van der Waals surface area contributed by atoms with Crippen molar-refractivity contribution < 1.29 is 27.8 Å². The number of ether oxygens (including phenoxy) is 2. The fourth-order valence-electron chi connectivity index (χ4n) is 2.21. The summed E-state index contributed by atoms with van der Waals surface area (Å²) in [6, 6.07) is 7.09.